The zero-order valence-electron chi connectivity index (χ0n) is 2.62. The molecular weight excluding hydrogens is 185 g/mol. The molecule has 0 aliphatic carbocycles. The second kappa shape index (κ2) is 8.54. The maximum atomic E-state index is 7.83. The highest BCUT2D eigenvalue weighted by Crippen LogP contribution is 2.57. The van der Waals surface area contributed by atoms with Gasteiger partial charge in [0.05, 0.1) is 0 Å². The molecule has 0 amide bonds. The van der Waals surface area contributed by atoms with Gasteiger partial charge in [-0.05, 0) is 0 Å². The first-order valence-corrected chi connectivity index (χ1v) is 2.26. The monoisotopic (exact) mass is 194 g/mol. The van der Waals surface area contributed by atoms with E-state index in [4.69, 9.17) is 9.11 Å². The van der Waals surface area contributed by atoms with Crippen LogP contribution in [-0.2, 0) is 8.67 Å². The van der Waals surface area contributed by atoms with Crippen molar-refractivity contribution in [2.24, 2.45) is 0 Å². The molecule has 0 unspecified atom stereocenters. The van der Waals surface area contributed by atoms with Crippen molar-refractivity contribution in [2.75, 3.05) is 0 Å². The molecule has 1 aliphatic rings. The van der Waals surface area contributed by atoms with Crippen LogP contribution in [0.5, 0.6) is 0 Å². The molecule has 1 aliphatic heterocycles. The van der Waals surface area contributed by atoms with Crippen LogP contribution in [0.3, 0.4) is 0 Å². The van der Waals surface area contributed by atoms with Crippen molar-refractivity contribution in [2.45, 2.75) is 0 Å². The fraction of sp³-hybridized carbons (Fsp3) is 0. The second-order valence-electron chi connectivity index (χ2n) is 0.584. The van der Waals surface area contributed by atoms with E-state index in [2.05, 4.69) is 8.67 Å². The Morgan fingerprint density at radius 2 is 1.00 bits per heavy atom. The Balaban J connectivity index is -0.0000000312. The van der Waals surface area contributed by atoms with E-state index >= 15 is 0 Å². The molecule has 1 heterocycles. The summed E-state index contributed by atoms with van der Waals surface area (Å²) in [5.41, 5.74) is 0. The topological polar surface area (TPSA) is 97.0 Å². The summed E-state index contributed by atoms with van der Waals surface area (Å²) in [6.45, 7) is 0. The van der Waals surface area contributed by atoms with E-state index in [-0.39, 0.29) is 74.6 Å². The minimum absolute atomic E-state index is 0. The van der Waals surface area contributed by atoms with Crippen LogP contribution in [0.1, 0.15) is 0 Å². The summed E-state index contributed by atoms with van der Waals surface area (Å²) >= 11 is -2.92. The summed E-state index contributed by atoms with van der Waals surface area (Å²) in [6, 6.07) is 0. The fourth-order valence-corrected chi connectivity index (χ4v) is 0.224. The molecule has 0 radical (unpaired) electrons. The van der Waals surface area contributed by atoms with E-state index in [0.717, 1.165) is 0 Å². The SMILES string of the molecule is O.OS1(O)OO1.[MgH2].[MgH2].[MgH2]. The summed E-state index contributed by atoms with van der Waals surface area (Å²) in [5, 5.41) is 0. The van der Waals surface area contributed by atoms with E-state index in [1.54, 1.807) is 0 Å². The zero-order valence-corrected chi connectivity index (χ0v) is 3.44. The van der Waals surface area contributed by atoms with Crippen LogP contribution in [0.15, 0.2) is 0 Å². The van der Waals surface area contributed by atoms with Gasteiger partial charge in [-0.15, -0.1) is 0 Å². The normalized spacial score (nSPS) is 20.2. The third kappa shape index (κ3) is 13.4. The van der Waals surface area contributed by atoms with Crippen molar-refractivity contribution in [1.29, 1.82) is 0 Å². The number of rotatable bonds is 0. The number of hydrogen-bond acceptors (Lipinski definition) is 4. The summed E-state index contributed by atoms with van der Waals surface area (Å²) in [6.07, 6.45) is 0. The predicted molar refractivity (Wildman–Crippen MR) is 44.3 cm³/mol. The fourth-order valence-electron chi connectivity index (χ4n) is 0.0248. The van der Waals surface area contributed by atoms with Gasteiger partial charge in [0.2, 0.25) is 0 Å². The molecule has 0 aromatic carbocycles. The van der Waals surface area contributed by atoms with E-state index in [9.17, 15) is 0 Å². The zero-order chi connectivity index (χ0) is 3.91. The van der Waals surface area contributed by atoms with E-state index < -0.39 is 11.2 Å². The molecule has 0 spiro atoms. The summed E-state index contributed by atoms with van der Waals surface area (Å²) in [5.74, 6) is 0. The smallest absolute Gasteiger partial charge is 0.316 e. The van der Waals surface area contributed by atoms with Crippen LogP contribution in [0, 0.1) is 0 Å². The van der Waals surface area contributed by atoms with E-state index in [1.165, 1.54) is 0 Å². The van der Waals surface area contributed by atoms with Gasteiger partial charge in [0.1, 0.15) is 0 Å². The lowest BCUT2D eigenvalue weighted by Crippen LogP contribution is -1.63. The van der Waals surface area contributed by atoms with E-state index in [0.29, 0.717) is 0 Å². The lowest BCUT2D eigenvalue weighted by molar-refractivity contribution is 0.0850. The second-order valence-corrected chi connectivity index (χ2v) is 1.75. The first kappa shape index (κ1) is 22.5. The Morgan fingerprint density at radius 1 is 0.889 bits per heavy atom. The Morgan fingerprint density at radius 3 is 1.00 bits per heavy atom. The van der Waals surface area contributed by atoms with Crippen LogP contribution in [-0.4, -0.2) is 83.7 Å². The van der Waals surface area contributed by atoms with Crippen molar-refractivity contribution in [3.8, 4) is 0 Å². The summed E-state index contributed by atoms with van der Waals surface area (Å²) in [4.78, 5) is 0. The molecule has 52 valence electrons. The third-order valence-corrected chi connectivity index (χ3v) is 0.569. The molecule has 1 saturated heterocycles. The lowest BCUT2D eigenvalue weighted by Gasteiger charge is -1.79. The van der Waals surface area contributed by atoms with Gasteiger partial charge in [0, 0.05) is 0 Å². The molecule has 9 heteroatoms. The van der Waals surface area contributed by atoms with Crippen LogP contribution in [0.2, 0.25) is 0 Å². The quantitative estimate of drug-likeness (QED) is 0.244. The van der Waals surface area contributed by atoms with Crippen molar-refractivity contribution < 1.29 is 23.2 Å². The predicted octanol–water partition coefficient (Wildman–Crippen LogP) is -3.04. The lowest BCUT2D eigenvalue weighted by atomic mass is 15.0. The molecule has 0 aromatic heterocycles. The van der Waals surface area contributed by atoms with Gasteiger partial charge in [-0.1, -0.05) is 8.67 Å². The highest BCUT2D eigenvalue weighted by molar-refractivity contribution is 8.19. The molecule has 0 atom stereocenters. The maximum absolute atomic E-state index is 7.83. The van der Waals surface area contributed by atoms with Gasteiger partial charge in [0.15, 0.2) is 0 Å². The highest BCUT2D eigenvalue weighted by atomic mass is 32.3. The average molecular weight is 195 g/mol. The van der Waals surface area contributed by atoms with Crippen molar-refractivity contribution in [3.05, 3.63) is 0 Å². The van der Waals surface area contributed by atoms with Crippen molar-refractivity contribution >= 4 is 80.3 Å². The summed E-state index contributed by atoms with van der Waals surface area (Å²) in [7, 11) is 0. The molecular formula is H10Mg3O5S. The standard InChI is InChI=1S/3Mg.H2O4S.H2O.6H/c;;;1-5(2)3-4-5;;;;;;;/h;;;1-2H;1H2;;;;;;. The molecule has 0 aromatic rings. The van der Waals surface area contributed by atoms with Gasteiger partial charge in [-0.2, -0.15) is 0 Å². The maximum Gasteiger partial charge on any atom is 0.316 e. The van der Waals surface area contributed by atoms with Crippen LogP contribution >= 0.6 is 11.2 Å². The largest absolute Gasteiger partial charge is 0.412 e. The van der Waals surface area contributed by atoms with Crippen LogP contribution in [0.25, 0.3) is 0 Å². The van der Waals surface area contributed by atoms with Crippen LogP contribution < -0.4 is 0 Å². The Labute approximate surface area is 102 Å². The molecule has 1 rings (SSSR count). The average Bonchev–Trinajstić information content (AvgIpc) is 1.76. The first-order valence-electron chi connectivity index (χ1n) is 0.865. The van der Waals surface area contributed by atoms with Gasteiger partial charge in [-0.3, -0.25) is 9.11 Å². The molecule has 0 bridgehead atoms. The summed E-state index contributed by atoms with van der Waals surface area (Å²) < 4.78 is 22.8. The Bertz CT molecular complexity index is 50.2. The molecule has 0 saturated carbocycles. The van der Waals surface area contributed by atoms with E-state index in [1.807, 2.05) is 0 Å². The van der Waals surface area contributed by atoms with Gasteiger partial charge in [-0.25, -0.2) is 0 Å². The third-order valence-electron chi connectivity index (χ3n) is 0.190. The first-order chi connectivity index (χ1) is 2.21. The highest BCUT2D eigenvalue weighted by Gasteiger charge is 2.39. The molecule has 9 heavy (non-hydrogen) atoms. The van der Waals surface area contributed by atoms with Crippen molar-refractivity contribution in [3.63, 3.8) is 0 Å². The molecule has 1 fully saturated rings. The number of hydrogen-bond donors (Lipinski definition) is 2. The molecule has 5 nitrogen and oxygen atoms in total. The Hall–Kier alpha value is 2.45. The van der Waals surface area contributed by atoms with Crippen molar-refractivity contribution in [1.82, 2.24) is 0 Å². The van der Waals surface area contributed by atoms with Gasteiger partial charge in [0.25, 0.3) is 11.2 Å². The minimum atomic E-state index is -2.92. The molecule has 4 N–H and O–H groups in total. The van der Waals surface area contributed by atoms with Gasteiger partial charge >= 0.3 is 69.2 Å². The van der Waals surface area contributed by atoms with Gasteiger partial charge < -0.3 is 5.48 Å². The van der Waals surface area contributed by atoms with Crippen LogP contribution in [0.4, 0.5) is 0 Å². The Kier molecular flexibility index (Phi) is 21.4. The minimum Gasteiger partial charge on any atom is -0.412 e.